The van der Waals surface area contributed by atoms with Gasteiger partial charge < -0.3 is 20.3 Å². The molecule has 1 aromatic rings. The third-order valence-corrected chi connectivity index (χ3v) is 5.13. The Bertz CT molecular complexity index is 609. The minimum atomic E-state index is -0.364. The molecule has 0 saturated carbocycles. The van der Waals surface area contributed by atoms with Crippen LogP contribution in [0.2, 0.25) is 0 Å². The second-order valence-electron chi connectivity index (χ2n) is 6.73. The largest absolute Gasteiger partial charge is 0.364 e. The first-order valence-electron chi connectivity index (χ1n) is 9.15. The van der Waals surface area contributed by atoms with Crippen molar-refractivity contribution >= 4 is 11.8 Å². The molecular formula is C19H27N3O3. The fourth-order valence-corrected chi connectivity index (χ4v) is 3.46. The summed E-state index contributed by atoms with van der Waals surface area (Å²) in [6, 6.07) is 7.77. The topological polar surface area (TPSA) is 75.9 Å². The molecule has 0 radical (unpaired) electrons. The molecule has 2 fully saturated rings. The maximum absolute atomic E-state index is 12.6. The highest BCUT2D eigenvalue weighted by molar-refractivity contribution is 5.94. The van der Waals surface area contributed by atoms with Gasteiger partial charge in [-0.25, -0.2) is 0 Å². The van der Waals surface area contributed by atoms with Crippen LogP contribution in [0.3, 0.4) is 0 Å². The summed E-state index contributed by atoms with van der Waals surface area (Å²) in [7, 11) is 0. The van der Waals surface area contributed by atoms with Gasteiger partial charge in [0.15, 0.2) is 0 Å². The summed E-state index contributed by atoms with van der Waals surface area (Å²) in [6.07, 6.45) is 2.19. The molecule has 6 nitrogen and oxygen atoms in total. The smallest absolute Gasteiger partial charge is 0.253 e. The van der Waals surface area contributed by atoms with E-state index in [0.29, 0.717) is 38.3 Å². The maximum Gasteiger partial charge on any atom is 0.253 e. The van der Waals surface area contributed by atoms with Crippen molar-refractivity contribution in [3.05, 3.63) is 35.4 Å². The van der Waals surface area contributed by atoms with Crippen LogP contribution in [-0.4, -0.2) is 66.5 Å². The summed E-state index contributed by atoms with van der Waals surface area (Å²) in [5, 5.41) is 0. The maximum atomic E-state index is 12.6. The van der Waals surface area contributed by atoms with E-state index in [2.05, 4.69) is 6.92 Å². The summed E-state index contributed by atoms with van der Waals surface area (Å²) >= 11 is 0. The van der Waals surface area contributed by atoms with Gasteiger partial charge >= 0.3 is 0 Å². The third-order valence-electron chi connectivity index (χ3n) is 5.13. The van der Waals surface area contributed by atoms with E-state index < -0.39 is 0 Å². The number of ether oxygens (including phenoxy) is 1. The molecule has 2 heterocycles. The quantitative estimate of drug-likeness (QED) is 0.885. The molecule has 6 heteroatoms. The van der Waals surface area contributed by atoms with Crippen molar-refractivity contribution in [2.75, 3.05) is 32.7 Å². The van der Waals surface area contributed by atoms with E-state index in [0.717, 1.165) is 19.3 Å². The zero-order valence-corrected chi connectivity index (χ0v) is 14.8. The molecular weight excluding hydrogens is 318 g/mol. The second-order valence-corrected chi connectivity index (χ2v) is 6.73. The molecule has 0 aromatic heterocycles. The molecule has 0 bridgehead atoms. The van der Waals surface area contributed by atoms with E-state index in [1.165, 1.54) is 5.56 Å². The molecule has 25 heavy (non-hydrogen) atoms. The number of nitrogens with zero attached hydrogens (tertiary/aromatic N) is 2. The van der Waals surface area contributed by atoms with Crippen molar-refractivity contribution in [2.45, 2.75) is 38.4 Å². The van der Waals surface area contributed by atoms with E-state index in [9.17, 15) is 9.59 Å². The van der Waals surface area contributed by atoms with Crippen LogP contribution in [0.1, 0.15) is 35.7 Å². The highest BCUT2D eigenvalue weighted by Gasteiger charge is 2.34. The SMILES string of the molecule is CCc1ccc(C(=O)N2CCN(C(=O)[C@@H]3CC[C@H](CN)O3)CC2)cc1. The van der Waals surface area contributed by atoms with Crippen molar-refractivity contribution in [2.24, 2.45) is 5.73 Å². The standard InChI is InChI=1S/C19H27N3O3/c1-2-14-3-5-15(6-4-14)18(23)21-9-11-22(12-10-21)19(24)17-8-7-16(13-20)25-17/h3-6,16-17H,2,7-13,20H2,1H3/t16-,17+/m1/s1. The lowest BCUT2D eigenvalue weighted by Gasteiger charge is -2.36. The first-order chi connectivity index (χ1) is 12.1. The molecule has 2 aliphatic heterocycles. The molecule has 1 aromatic carbocycles. The number of piperazine rings is 1. The minimum Gasteiger partial charge on any atom is -0.364 e. The van der Waals surface area contributed by atoms with Crippen molar-refractivity contribution in [3.63, 3.8) is 0 Å². The third kappa shape index (κ3) is 4.02. The van der Waals surface area contributed by atoms with Crippen LogP contribution in [0.4, 0.5) is 0 Å². The van der Waals surface area contributed by atoms with E-state index in [1.807, 2.05) is 34.1 Å². The lowest BCUT2D eigenvalue weighted by atomic mass is 10.1. The predicted molar refractivity (Wildman–Crippen MR) is 95.3 cm³/mol. The molecule has 2 saturated heterocycles. The van der Waals surface area contributed by atoms with Gasteiger partial charge in [-0.3, -0.25) is 9.59 Å². The molecule has 2 aliphatic rings. The molecule has 2 amide bonds. The molecule has 0 unspecified atom stereocenters. The van der Waals surface area contributed by atoms with Gasteiger partial charge in [0.25, 0.3) is 11.8 Å². The monoisotopic (exact) mass is 345 g/mol. The van der Waals surface area contributed by atoms with E-state index in [-0.39, 0.29) is 24.0 Å². The van der Waals surface area contributed by atoms with Gasteiger partial charge in [-0.15, -0.1) is 0 Å². The van der Waals surface area contributed by atoms with Crippen LogP contribution in [0.25, 0.3) is 0 Å². The number of carbonyl (C=O) groups is 2. The number of benzene rings is 1. The predicted octanol–water partition coefficient (Wildman–Crippen LogP) is 1.04. The van der Waals surface area contributed by atoms with Crippen molar-refractivity contribution in [1.82, 2.24) is 9.80 Å². The molecule has 3 rings (SSSR count). The number of amides is 2. The van der Waals surface area contributed by atoms with Gasteiger partial charge in [0.2, 0.25) is 0 Å². The Labute approximate surface area is 148 Å². The lowest BCUT2D eigenvalue weighted by molar-refractivity contribution is -0.144. The minimum absolute atomic E-state index is 0.00269. The van der Waals surface area contributed by atoms with Crippen LogP contribution in [0.5, 0.6) is 0 Å². The van der Waals surface area contributed by atoms with E-state index in [4.69, 9.17) is 10.5 Å². The Balaban J connectivity index is 1.52. The molecule has 136 valence electrons. The Morgan fingerprint density at radius 2 is 1.72 bits per heavy atom. The Hall–Kier alpha value is -1.92. The normalized spacial score (nSPS) is 23.8. The van der Waals surface area contributed by atoms with Gasteiger partial charge in [-0.2, -0.15) is 0 Å². The van der Waals surface area contributed by atoms with Gasteiger partial charge in [-0.05, 0) is 37.0 Å². The Morgan fingerprint density at radius 1 is 1.08 bits per heavy atom. The lowest BCUT2D eigenvalue weighted by Crippen LogP contribution is -2.53. The summed E-state index contributed by atoms with van der Waals surface area (Å²) in [5.74, 6) is 0.0745. The zero-order valence-electron chi connectivity index (χ0n) is 14.8. The summed E-state index contributed by atoms with van der Waals surface area (Å²) in [5.41, 5.74) is 7.54. The highest BCUT2D eigenvalue weighted by Crippen LogP contribution is 2.21. The molecule has 0 aliphatic carbocycles. The number of carbonyl (C=O) groups excluding carboxylic acids is 2. The number of rotatable bonds is 4. The van der Waals surface area contributed by atoms with Crippen LogP contribution < -0.4 is 5.73 Å². The average molecular weight is 345 g/mol. The molecule has 0 spiro atoms. The van der Waals surface area contributed by atoms with Gasteiger partial charge in [0, 0.05) is 38.3 Å². The van der Waals surface area contributed by atoms with E-state index >= 15 is 0 Å². The molecule has 2 atom stereocenters. The van der Waals surface area contributed by atoms with Crippen LogP contribution >= 0.6 is 0 Å². The number of hydrogen-bond acceptors (Lipinski definition) is 4. The number of hydrogen-bond donors (Lipinski definition) is 1. The van der Waals surface area contributed by atoms with Crippen LogP contribution in [-0.2, 0) is 16.0 Å². The fourth-order valence-electron chi connectivity index (χ4n) is 3.46. The zero-order chi connectivity index (χ0) is 17.8. The van der Waals surface area contributed by atoms with Gasteiger partial charge in [0.05, 0.1) is 6.10 Å². The number of nitrogens with two attached hydrogens (primary N) is 1. The second kappa shape index (κ2) is 7.97. The molecule has 2 N–H and O–H groups in total. The fraction of sp³-hybridized carbons (Fsp3) is 0.579. The highest BCUT2D eigenvalue weighted by atomic mass is 16.5. The van der Waals surface area contributed by atoms with Crippen molar-refractivity contribution in [1.29, 1.82) is 0 Å². The van der Waals surface area contributed by atoms with Crippen molar-refractivity contribution < 1.29 is 14.3 Å². The van der Waals surface area contributed by atoms with Gasteiger partial charge in [-0.1, -0.05) is 19.1 Å². The first-order valence-corrected chi connectivity index (χ1v) is 9.15. The summed E-state index contributed by atoms with van der Waals surface area (Å²) in [4.78, 5) is 28.8. The first kappa shape index (κ1) is 17.9. The van der Waals surface area contributed by atoms with Crippen molar-refractivity contribution in [3.8, 4) is 0 Å². The Morgan fingerprint density at radius 3 is 2.28 bits per heavy atom. The van der Waals surface area contributed by atoms with Gasteiger partial charge in [0.1, 0.15) is 6.10 Å². The number of aryl methyl sites for hydroxylation is 1. The van der Waals surface area contributed by atoms with Crippen LogP contribution in [0, 0.1) is 0 Å². The Kier molecular flexibility index (Phi) is 5.71. The van der Waals surface area contributed by atoms with E-state index in [1.54, 1.807) is 0 Å². The summed E-state index contributed by atoms with van der Waals surface area (Å²) < 4.78 is 5.69. The summed E-state index contributed by atoms with van der Waals surface area (Å²) in [6.45, 7) is 4.80. The van der Waals surface area contributed by atoms with Crippen LogP contribution in [0.15, 0.2) is 24.3 Å². The average Bonchev–Trinajstić information content (AvgIpc) is 3.16.